The lowest BCUT2D eigenvalue weighted by molar-refractivity contribution is 0.834. The van der Waals surface area contributed by atoms with E-state index < -0.39 is 0 Å². The molecule has 0 aliphatic heterocycles. The molecule has 0 heterocycles. The van der Waals surface area contributed by atoms with Crippen LogP contribution in [0.4, 0.5) is 0 Å². The monoisotopic (exact) mass is 294 g/mol. The molecule has 0 spiro atoms. The van der Waals surface area contributed by atoms with E-state index in [9.17, 15) is 0 Å². The van der Waals surface area contributed by atoms with E-state index in [1.807, 2.05) is 13.0 Å². The Morgan fingerprint density at radius 3 is 2.95 bits per heavy atom. The summed E-state index contributed by atoms with van der Waals surface area (Å²) in [6.45, 7) is 8.08. The SMILES string of the molecule is C=C(C)N/C(=C/C(=N)CCCC)c1cccc2c1CCC=C2. The highest BCUT2D eigenvalue weighted by atomic mass is 14.9. The molecule has 0 aromatic heterocycles. The summed E-state index contributed by atoms with van der Waals surface area (Å²) in [5, 5.41) is 11.6. The molecular formula is C20H26N2. The number of allylic oxidation sites excluding steroid dienone is 3. The Kier molecular flexibility index (Phi) is 5.76. The Hall–Kier alpha value is -2.09. The van der Waals surface area contributed by atoms with Gasteiger partial charge in [-0.15, -0.1) is 0 Å². The lowest BCUT2D eigenvalue weighted by Gasteiger charge is -2.19. The van der Waals surface area contributed by atoms with Gasteiger partial charge in [-0.2, -0.15) is 0 Å². The van der Waals surface area contributed by atoms with Gasteiger partial charge in [0.1, 0.15) is 0 Å². The first-order valence-corrected chi connectivity index (χ1v) is 8.12. The molecule has 0 atom stereocenters. The van der Waals surface area contributed by atoms with Gasteiger partial charge in [-0.1, -0.05) is 50.3 Å². The Balaban J connectivity index is 2.38. The Morgan fingerprint density at radius 2 is 2.23 bits per heavy atom. The van der Waals surface area contributed by atoms with E-state index in [2.05, 4.69) is 49.2 Å². The average Bonchev–Trinajstić information content (AvgIpc) is 2.51. The molecule has 2 heteroatoms. The van der Waals surface area contributed by atoms with Crippen molar-refractivity contribution in [3.05, 3.63) is 59.3 Å². The molecule has 2 N–H and O–H groups in total. The highest BCUT2D eigenvalue weighted by molar-refractivity contribution is 5.99. The summed E-state index contributed by atoms with van der Waals surface area (Å²) in [6, 6.07) is 6.40. The molecule has 116 valence electrons. The molecule has 0 saturated heterocycles. The number of nitrogens with one attached hydrogen (secondary N) is 2. The van der Waals surface area contributed by atoms with Crippen LogP contribution in [0.3, 0.4) is 0 Å². The van der Waals surface area contributed by atoms with Crippen LogP contribution in [0.15, 0.2) is 42.6 Å². The van der Waals surface area contributed by atoms with Crippen LogP contribution in [0.25, 0.3) is 11.8 Å². The first-order valence-electron chi connectivity index (χ1n) is 8.12. The van der Waals surface area contributed by atoms with E-state index in [0.29, 0.717) is 5.71 Å². The maximum absolute atomic E-state index is 8.20. The van der Waals surface area contributed by atoms with Gasteiger partial charge in [0.25, 0.3) is 0 Å². The molecule has 1 aromatic carbocycles. The highest BCUT2D eigenvalue weighted by Gasteiger charge is 2.13. The molecule has 0 radical (unpaired) electrons. The number of hydrogen-bond acceptors (Lipinski definition) is 2. The first kappa shape index (κ1) is 16.3. The van der Waals surface area contributed by atoms with Crippen molar-refractivity contribution in [2.24, 2.45) is 0 Å². The van der Waals surface area contributed by atoms with Gasteiger partial charge < -0.3 is 10.7 Å². The second-order valence-electron chi connectivity index (χ2n) is 5.91. The average molecular weight is 294 g/mol. The number of rotatable bonds is 7. The van der Waals surface area contributed by atoms with Crippen LogP contribution in [0.5, 0.6) is 0 Å². The Morgan fingerprint density at radius 1 is 1.41 bits per heavy atom. The van der Waals surface area contributed by atoms with Crippen LogP contribution < -0.4 is 5.32 Å². The van der Waals surface area contributed by atoms with Gasteiger partial charge >= 0.3 is 0 Å². The van der Waals surface area contributed by atoms with Crippen molar-refractivity contribution < 1.29 is 0 Å². The molecule has 0 bridgehead atoms. The minimum atomic E-state index is 0.676. The summed E-state index contributed by atoms with van der Waals surface area (Å²) >= 11 is 0. The predicted octanol–water partition coefficient (Wildman–Crippen LogP) is 5.32. The zero-order valence-corrected chi connectivity index (χ0v) is 13.7. The lowest BCUT2D eigenvalue weighted by Crippen LogP contribution is -2.13. The van der Waals surface area contributed by atoms with Gasteiger partial charge in [0, 0.05) is 22.7 Å². The van der Waals surface area contributed by atoms with Gasteiger partial charge in [-0.3, -0.25) is 0 Å². The van der Waals surface area contributed by atoms with Crippen molar-refractivity contribution in [1.29, 1.82) is 5.41 Å². The molecule has 1 aromatic rings. The molecule has 2 rings (SSSR count). The molecule has 1 aliphatic rings. The molecule has 0 amide bonds. The summed E-state index contributed by atoms with van der Waals surface area (Å²) in [5.74, 6) is 0. The third kappa shape index (κ3) is 4.20. The van der Waals surface area contributed by atoms with Gasteiger partial charge in [0.05, 0.1) is 0 Å². The fourth-order valence-electron chi connectivity index (χ4n) is 2.75. The number of hydrogen-bond donors (Lipinski definition) is 2. The van der Waals surface area contributed by atoms with Crippen LogP contribution in [-0.2, 0) is 6.42 Å². The highest BCUT2D eigenvalue weighted by Crippen LogP contribution is 2.27. The van der Waals surface area contributed by atoms with Crippen molar-refractivity contribution in [3.8, 4) is 0 Å². The second-order valence-corrected chi connectivity index (χ2v) is 5.91. The predicted molar refractivity (Wildman–Crippen MR) is 97.0 cm³/mol. The second kappa shape index (κ2) is 7.79. The van der Waals surface area contributed by atoms with Gasteiger partial charge in [0.2, 0.25) is 0 Å². The molecule has 0 fully saturated rings. The third-order valence-corrected chi connectivity index (χ3v) is 3.83. The molecule has 0 unspecified atom stereocenters. The first-order chi connectivity index (χ1) is 10.6. The van der Waals surface area contributed by atoms with E-state index in [0.717, 1.165) is 43.5 Å². The van der Waals surface area contributed by atoms with E-state index in [-0.39, 0.29) is 0 Å². The molecular weight excluding hydrogens is 268 g/mol. The van der Waals surface area contributed by atoms with Gasteiger partial charge in [-0.05, 0) is 49.8 Å². The van der Waals surface area contributed by atoms with Gasteiger partial charge in [-0.25, -0.2) is 0 Å². The van der Waals surface area contributed by atoms with E-state index in [4.69, 9.17) is 5.41 Å². The molecule has 0 saturated carbocycles. The summed E-state index contributed by atoms with van der Waals surface area (Å²) in [6.07, 6.45) is 11.5. The van der Waals surface area contributed by atoms with Crippen LogP contribution in [-0.4, -0.2) is 5.71 Å². The largest absolute Gasteiger partial charge is 0.359 e. The fraction of sp³-hybridized carbons (Fsp3) is 0.350. The smallest absolute Gasteiger partial charge is 0.0476 e. The topological polar surface area (TPSA) is 35.9 Å². The Labute approximate surface area is 134 Å². The summed E-state index contributed by atoms with van der Waals surface area (Å²) in [5.41, 5.74) is 6.44. The maximum atomic E-state index is 8.20. The quantitative estimate of drug-likeness (QED) is 0.656. The molecule has 1 aliphatic carbocycles. The standard InChI is InChI=1S/C20H26N2/c1-4-5-11-17(21)14-20(22-15(2)3)19-13-8-10-16-9-6-7-12-18(16)19/h6,8-10,13-14,21-22H,2,4-5,7,11-12H2,1,3H3/b20-14+,21-17?. The zero-order chi connectivity index (χ0) is 15.9. The maximum Gasteiger partial charge on any atom is 0.0476 e. The number of fused-ring (bicyclic) bond motifs is 1. The summed E-state index contributed by atoms with van der Waals surface area (Å²) in [7, 11) is 0. The van der Waals surface area contributed by atoms with Crippen molar-refractivity contribution in [3.63, 3.8) is 0 Å². The van der Waals surface area contributed by atoms with Crippen LogP contribution in [0, 0.1) is 5.41 Å². The van der Waals surface area contributed by atoms with Crippen molar-refractivity contribution in [2.75, 3.05) is 0 Å². The normalized spacial score (nSPS) is 13.6. The Bertz CT molecular complexity index is 621. The minimum absolute atomic E-state index is 0.676. The zero-order valence-electron chi connectivity index (χ0n) is 13.7. The van der Waals surface area contributed by atoms with Crippen molar-refractivity contribution in [2.45, 2.75) is 46.0 Å². The number of unbranched alkanes of at least 4 members (excludes halogenated alkanes) is 1. The molecule has 22 heavy (non-hydrogen) atoms. The van der Waals surface area contributed by atoms with Crippen LogP contribution >= 0.6 is 0 Å². The van der Waals surface area contributed by atoms with Crippen LogP contribution in [0.1, 0.15) is 56.2 Å². The van der Waals surface area contributed by atoms with Crippen molar-refractivity contribution in [1.82, 2.24) is 5.32 Å². The van der Waals surface area contributed by atoms with Crippen molar-refractivity contribution >= 4 is 17.5 Å². The fourth-order valence-corrected chi connectivity index (χ4v) is 2.75. The van der Waals surface area contributed by atoms with E-state index >= 15 is 0 Å². The summed E-state index contributed by atoms with van der Waals surface area (Å²) < 4.78 is 0. The van der Waals surface area contributed by atoms with E-state index in [1.165, 1.54) is 16.7 Å². The van der Waals surface area contributed by atoms with Crippen LogP contribution in [0.2, 0.25) is 0 Å². The minimum Gasteiger partial charge on any atom is -0.359 e. The molecule has 2 nitrogen and oxygen atoms in total. The lowest BCUT2D eigenvalue weighted by atomic mass is 9.91. The number of benzene rings is 1. The third-order valence-electron chi connectivity index (χ3n) is 3.83. The van der Waals surface area contributed by atoms with E-state index in [1.54, 1.807) is 0 Å². The van der Waals surface area contributed by atoms with Gasteiger partial charge in [0.15, 0.2) is 0 Å². The summed E-state index contributed by atoms with van der Waals surface area (Å²) in [4.78, 5) is 0.